The van der Waals surface area contributed by atoms with Gasteiger partial charge in [-0.2, -0.15) is 4.72 Å². The molecule has 0 bridgehead atoms. The van der Waals surface area contributed by atoms with Gasteiger partial charge in [-0.05, 0) is 5.56 Å². The minimum atomic E-state index is -4.26. The summed E-state index contributed by atoms with van der Waals surface area (Å²) in [5.74, 6) is -1.36. The predicted octanol–water partition coefficient (Wildman–Crippen LogP) is 0.479. The van der Waals surface area contributed by atoms with Crippen LogP contribution in [-0.4, -0.2) is 24.5 Å². The number of nitrogens with one attached hydrogen (secondary N) is 2. The number of carbonyl (C=O) groups is 1. The number of carboxylic acid groups (broad SMARTS) is 1. The van der Waals surface area contributed by atoms with Crippen LogP contribution in [0.2, 0.25) is 0 Å². The highest BCUT2D eigenvalue weighted by Gasteiger charge is 2.28. The number of H-pyrrole nitrogens is 1. The Hall–Kier alpha value is -2.45. The molecule has 1 atom stereocenters. The Labute approximate surface area is 120 Å². The third-order valence-corrected chi connectivity index (χ3v) is 4.17. The zero-order chi connectivity index (χ0) is 15.5. The normalized spacial score (nSPS) is 12.8. The SMILES string of the molecule is O=C(O)C(NS(=O)(=O)c1c[nH]ccc1=O)c1ccccc1. The summed E-state index contributed by atoms with van der Waals surface area (Å²) < 4.78 is 26.3. The molecule has 110 valence electrons. The second kappa shape index (κ2) is 5.90. The zero-order valence-corrected chi connectivity index (χ0v) is 11.5. The van der Waals surface area contributed by atoms with Gasteiger partial charge >= 0.3 is 5.97 Å². The second-order valence-electron chi connectivity index (χ2n) is 4.18. The topological polar surface area (TPSA) is 116 Å². The molecule has 8 heteroatoms. The summed E-state index contributed by atoms with van der Waals surface area (Å²) >= 11 is 0. The van der Waals surface area contributed by atoms with E-state index in [4.69, 9.17) is 0 Å². The maximum Gasteiger partial charge on any atom is 0.326 e. The number of hydrogen-bond donors (Lipinski definition) is 3. The average Bonchev–Trinajstić information content (AvgIpc) is 2.46. The number of rotatable bonds is 5. The first kappa shape index (κ1) is 14.9. The molecule has 0 aliphatic carbocycles. The largest absolute Gasteiger partial charge is 0.480 e. The first-order valence-corrected chi connectivity index (χ1v) is 7.37. The van der Waals surface area contributed by atoms with Crippen molar-refractivity contribution in [2.45, 2.75) is 10.9 Å². The average molecular weight is 308 g/mol. The fourth-order valence-electron chi connectivity index (χ4n) is 1.74. The number of benzene rings is 1. The van der Waals surface area contributed by atoms with Crippen molar-refractivity contribution < 1.29 is 18.3 Å². The summed E-state index contributed by atoms with van der Waals surface area (Å²) in [4.78, 5) is 24.8. The number of pyridine rings is 1. The molecule has 0 aliphatic heterocycles. The first-order chi connectivity index (χ1) is 9.92. The van der Waals surface area contributed by atoms with Crippen molar-refractivity contribution in [1.82, 2.24) is 9.71 Å². The summed E-state index contributed by atoms with van der Waals surface area (Å²) in [6.07, 6.45) is 2.29. The molecule has 0 radical (unpaired) electrons. The maximum absolute atomic E-state index is 12.1. The van der Waals surface area contributed by atoms with Gasteiger partial charge in [0.15, 0.2) is 0 Å². The zero-order valence-electron chi connectivity index (χ0n) is 10.7. The summed E-state index contributed by atoms with van der Waals surface area (Å²) in [7, 11) is -4.26. The minimum absolute atomic E-state index is 0.265. The molecule has 0 spiro atoms. The molecule has 1 aromatic carbocycles. The van der Waals surface area contributed by atoms with Gasteiger partial charge in [-0.25, -0.2) is 8.42 Å². The first-order valence-electron chi connectivity index (χ1n) is 5.89. The lowest BCUT2D eigenvalue weighted by molar-refractivity contribution is -0.139. The van der Waals surface area contributed by atoms with Crippen LogP contribution in [0.3, 0.4) is 0 Å². The Kier molecular flexibility index (Phi) is 4.20. The van der Waals surface area contributed by atoms with Crippen LogP contribution in [0.4, 0.5) is 0 Å². The van der Waals surface area contributed by atoms with Gasteiger partial charge in [0.05, 0.1) is 0 Å². The molecule has 2 rings (SSSR count). The molecule has 1 unspecified atom stereocenters. The molecule has 1 heterocycles. The molecule has 0 saturated carbocycles. The summed E-state index contributed by atoms with van der Waals surface area (Å²) in [5, 5.41) is 9.19. The smallest absolute Gasteiger partial charge is 0.326 e. The number of aromatic nitrogens is 1. The minimum Gasteiger partial charge on any atom is -0.480 e. The van der Waals surface area contributed by atoms with Crippen LogP contribution in [0.25, 0.3) is 0 Å². The highest BCUT2D eigenvalue weighted by molar-refractivity contribution is 7.89. The number of carboxylic acids is 1. The molecule has 1 aromatic heterocycles. The number of aromatic amines is 1. The van der Waals surface area contributed by atoms with Crippen LogP contribution in [0, 0.1) is 0 Å². The summed E-state index contributed by atoms with van der Waals surface area (Å²) in [5.41, 5.74) is -0.459. The molecule has 0 fully saturated rings. The van der Waals surface area contributed by atoms with E-state index in [2.05, 4.69) is 4.98 Å². The molecule has 0 saturated heterocycles. The van der Waals surface area contributed by atoms with E-state index in [1.807, 2.05) is 4.72 Å². The van der Waals surface area contributed by atoms with Gasteiger partial charge in [-0.15, -0.1) is 0 Å². The fourth-order valence-corrected chi connectivity index (χ4v) is 2.97. The third-order valence-electron chi connectivity index (χ3n) is 2.73. The molecule has 2 aromatic rings. The van der Waals surface area contributed by atoms with Crippen LogP contribution in [0.15, 0.2) is 58.5 Å². The molecular weight excluding hydrogens is 296 g/mol. The molecule has 7 nitrogen and oxygen atoms in total. The monoisotopic (exact) mass is 308 g/mol. The summed E-state index contributed by atoms with van der Waals surface area (Å²) in [6, 6.07) is 7.40. The quantitative estimate of drug-likeness (QED) is 0.743. The van der Waals surface area contributed by atoms with Crippen LogP contribution >= 0.6 is 0 Å². The van der Waals surface area contributed by atoms with Gasteiger partial charge in [0.25, 0.3) is 0 Å². The lowest BCUT2D eigenvalue weighted by Gasteiger charge is -2.14. The Morgan fingerprint density at radius 1 is 1.19 bits per heavy atom. The van der Waals surface area contributed by atoms with E-state index in [-0.39, 0.29) is 5.56 Å². The van der Waals surface area contributed by atoms with E-state index in [0.29, 0.717) is 0 Å². The van der Waals surface area contributed by atoms with E-state index < -0.39 is 32.4 Å². The Balaban J connectivity index is 2.40. The number of sulfonamides is 1. The van der Waals surface area contributed by atoms with Gasteiger partial charge in [0.1, 0.15) is 10.9 Å². The standard InChI is InChI=1S/C13H12N2O5S/c16-10-6-7-14-8-11(10)21(19,20)15-12(13(17)18)9-4-2-1-3-5-9/h1-8,12,15H,(H,14,16)(H,17,18). The van der Waals surface area contributed by atoms with E-state index in [0.717, 1.165) is 12.3 Å². The molecule has 3 N–H and O–H groups in total. The van der Waals surface area contributed by atoms with Gasteiger partial charge in [0, 0.05) is 18.5 Å². The van der Waals surface area contributed by atoms with Crippen molar-refractivity contribution in [3.8, 4) is 0 Å². The van der Waals surface area contributed by atoms with E-state index in [9.17, 15) is 23.1 Å². The Morgan fingerprint density at radius 2 is 1.86 bits per heavy atom. The lowest BCUT2D eigenvalue weighted by Crippen LogP contribution is -2.35. The van der Waals surface area contributed by atoms with Gasteiger partial charge < -0.3 is 10.1 Å². The fraction of sp³-hybridized carbons (Fsp3) is 0.0769. The van der Waals surface area contributed by atoms with E-state index >= 15 is 0 Å². The Bertz CT molecular complexity index is 799. The highest BCUT2D eigenvalue weighted by Crippen LogP contribution is 2.15. The maximum atomic E-state index is 12.1. The van der Waals surface area contributed by atoms with Crippen molar-refractivity contribution in [1.29, 1.82) is 0 Å². The van der Waals surface area contributed by atoms with Crippen LogP contribution in [0.1, 0.15) is 11.6 Å². The summed E-state index contributed by atoms with van der Waals surface area (Å²) in [6.45, 7) is 0. The molecule has 0 amide bonds. The molecule has 21 heavy (non-hydrogen) atoms. The lowest BCUT2D eigenvalue weighted by atomic mass is 10.1. The van der Waals surface area contributed by atoms with Crippen LogP contribution < -0.4 is 10.2 Å². The van der Waals surface area contributed by atoms with Crippen molar-refractivity contribution in [2.75, 3.05) is 0 Å². The van der Waals surface area contributed by atoms with Gasteiger partial charge in [0.2, 0.25) is 15.5 Å². The van der Waals surface area contributed by atoms with Crippen molar-refractivity contribution >= 4 is 16.0 Å². The second-order valence-corrected chi connectivity index (χ2v) is 5.86. The number of hydrogen-bond acceptors (Lipinski definition) is 4. The highest BCUT2D eigenvalue weighted by atomic mass is 32.2. The number of aliphatic carboxylic acids is 1. The van der Waals surface area contributed by atoms with E-state index in [1.54, 1.807) is 18.2 Å². The van der Waals surface area contributed by atoms with Gasteiger partial charge in [-0.1, -0.05) is 30.3 Å². The third kappa shape index (κ3) is 3.36. The van der Waals surface area contributed by atoms with Crippen molar-refractivity contribution in [3.05, 3.63) is 64.6 Å². The predicted molar refractivity (Wildman–Crippen MR) is 74.2 cm³/mol. The Morgan fingerprint density at radius 3 is 2.43 bits per heavy atom. The van der Waals surface area contributed by atoms with Crippen molar-refractivity contribution in [2.24, 2.45) is 0 Å². The van der Waals surface area contributed by atoms with Gasteiger partial charge in [-0.3, -0.25) is 9.59 Å². The van der Waals surface area contributed by atoms with Crippen LogP contribution in [0.5, 0.6) is 0 Å². The van der Waals surface area contributed by atoms with Crippen LogP contribution in [-0.2, 0) is 14.8 Å². The molecular formula is C13H12N2O5S. The molecule has 0 aliphatic rings. The van der Waals surface area contributed by atoms with Crippen molar-refractivity contribution in [3.63, 3.8) is 0 Å². The van der Waals surface area contributed by atoms with E-state index in [1.165, 1.54) is 18.3 Å².